The van der Waals surface area contributed by atoms with Crippen LogP contribution in [0.2, 0.25) is 0 Å². The van der Waals surface area contributed by atoms with E-state index in [1.807, 2.05) is 192 Å². The van der Waals surface area contributed by atoms with Crippen LogP contribution in [0, 0.1) is 34.6 Å². The van der Waals surface area contributed by atoms with Crippen LogP contribution in [0.5, 0.6) is 0 Å². The molecule has 0 fully saturated rings. The third-order valence-corrected chi connectivity index (χ3v) is 17.0. The molecule has 5 heterocycles. The van der Waals surface area contributed by atoms with E-state index in [2.05, 4.69) is 24.0 Å². The fraction of sp³-hybridized carbons (Fsp3) is 0.389. The summed E-state index contributed by atoms with van der Waals surface area (Å²) in [7, 11) is 7.45. The minimum Gasteiger partial charge on any atom is -0.256 e. The zero-order chi connectivity index (χ0) is 92.3. The second-order valence-corrected chi connectivity index (χ2v) is 24.4. The van der Waals surface area contributed by atoms with E-state index in [4.69, 9.17) is 35.6 Å². The number of pyridine rings is 5. The van der Waals surface area contributed by atoms with Gasteiger partial charge in [0.25, 0.3) is 0 Å². The minimum atomic E-state index is -2.59. The predicted molar refractivity (Wildman–Crippen MR) is 408 cm³/mol. The molecule has 10 aromatic rings. The lowest BCUT2D eigenvalue weighted by atomic mass is 9.91. The van der Waals surface area contributed by atoms with Crippen molar-refractivity contribution in [3.63, 3.8) is 0 Å². The standard InChI is InChI=1S/C19H26N.3C18H24N.C17H21N/c1-13(2)16-11-18(14(3)4)19(20(6)12-16)17-10-8-7-9-15(17)5;1-6-15-12-19(5)18(11-17(15)13(2)3)16-10-8-7-9-14(16)4;2*1-6-15-11-18(16-10-8-7-9-14(16)4)19(5)12-17(15)13(2)3;1-5-14-11-18-17(10-16(14)12(2)3)15-9-7-6-8-13(15)4/h7-14H,1-6H3;3*7-13H,6H2,1-5H3;6-12H,5H2,1-4H3/q4*+1;/i1D,3D3,13D,14D;2D3,13D;2D3,6D2,13D;2D3,13D;2D3,5D2,12D. The molecule has 0 aliphatic heterocycles. The van der Waals surface area contributed by atoms with E-state index >= 15 is 0 Å². The molecule has 5 heteroatoms. The first kappa shape index (κ1) is 46.1. The molecule has 10 rings (SSSR count). The van der Waals surface area contributed by atoms with Crippen molar-refractivity contribution in [1.29, 1.82) is 0 Å². The minimum absolute atomic E-state index is 0.133. The molecule has 0 spiro atoms. The molecule has 6 atom stereocenters. The second-order valence-electron chi connectivity index (χ2n) is 24.4. The highest BCUT2D eigenvalue weighted by Crippen LogP contribution is 2.33. The van der Waals surface area contributed by atoms with Gasteiger partial charge in [-0.3, -0.25) is 4.98 Å². The third kappa shape index (κ3) is 19.5. The first-order chi connectivity index (χ1) is 55.1. The van der Waals surface area contributed by atoms with Crippen molar-refractivity contribution < 1.29 is 53.9 Å². The molecule has 6 unspecified atom stereocenters. The molecule has 0 aliphatic carbocycles. The Morgan fingerprint density at radius 2 is 0.737 bits per heavy atom. The fourth-order valence-corrected chi connectivity index (χ4v) is 11.6. The predicted octanol–water partition coefficient (Wildman–Crippen LogP) is 22.0. The molecule has 500 valence electrons. The van der Waals surface area contributed by atoms with E-state index in [9.17, 15) is 0 Å². The van der Waals surface area contributed by atoms with Crippen LogP contribution in [0.25, 0.3) is 56.3 Å². The first-order valence-corrected chi connectivity index (χ1v) is 32.4. The van der Waals surface area contributed by atoms with Gasteiger partial charge in [-0.2, -0.15) is 0 Å². The molecular formula is C90H119N5+4. The van der Waals surface area contributed by atoms with Crippen molar-refractivity contribution in [2.24, 2.45) is 28.2 Å². The molecule has 0 aliphatic rings. The highest BCUT2D eigenvalue weighted by atomic mass is 14.9. The van der Waals surface area contributed by atoms with E-state index in [0.29, 0.717) is 46.5 Å². The lowest BCUT2D eigenvalue weighted by Crippen LogP contribution is -2.33. The molecule has 0 saturated heterocycles. The van der Waals surface area contributed by atoms with Crippen molar-refractivity contribution in [3.8, 4) is 56.3 Å². The van der Waals surface area contributed by atoms with Crippen LogP contribution in [-0.2, 0) is 53.8 Å². The Morgan fingerprint density at radius 3 is 1.16 bits per heavy atom. The summed E-state index contributed by atoms with van der Waals surface area (Å²) in [6.07, 6.45) is 6.29. The smallest absolute Gasteiger partial charge is 0.216 e. The van der Waals surface area contributed by atoms with Crippen molar-refractivity contribution >= 4 is 0 Å². The van der Waals surface area contributed by atoms with Crippen LogP contribution in [-0.4, -0.2) is 4.98 Å². The summed E-state index contributed by atoms with van der Waals surface area (Å²) in [4.78, 5) is 4.33. The Kier molecular flexibility index (Phi) is 17.2. The van der Waals surface area contributed by atoms with E-state index in [1.54, 1.807) is 66.9 Å². The van der Waals surface area contributed by atoms with Gasteiger partial charge in [0.1, 0.15) is 28.2 Å². The highest BCUT2D eigenvalue weighted by molar-refractivity contribution is 5.67. The number of hydrogen-bond donors (Lipinski definition) is 0. The monoisotopic (exact) mass is 1300 g/mol. The Labute approximate surface area is 613 Å². The second kappa shape index (κ2) is 35.6. The maximum atomic E-state index is 8.65. The maximum absolute atomic E-state index is 8.65. The number of rotatable bonds is 15. The van der Waals surface area contributed by atoms with Gasteiger partial charge in [0.2, 0.25) is 22.8 Å². The van der Waals surface area contributed by atoms with Gasteiger partial charge in [0, 0.05) is 116 Å². The van der Waals surface area contributed by atoms with Gasteiger partial charge in [-0.1, -0.05) is 207 Å². The lowest BCUT2D eigenvalue weighted by Gasteiger charge is -2.15. The maximum Gasteiger partial charge on any atom is 0.216 e. The molecule has 0 N–H and O–H groups in total. The van der Waals surface area contributed by atoms with Gasteiger partial charge in [-0.25, -0.2) is 18.3 Å². The molecule has 0 radical (unpaired) electrons. The number of nitrogens with zero attached hydrogens (tertiary/aromatic N) is 5. The van der Waals surface area contributed by atoms with E-state index in [-0.39, 0.29) is 29.2 Å². The molecular weight excluding hydrogens is 1150 g/mol. The summed E-state index contributed by atoms with van der Waals surface area (Å²) in [5, 5.41) is 0. The summed E-state index contributed by atoms with van der Waals surface area (Å²) in [5.74, 6) is -10.1. The van der Waals surface area contributed by atoms with Crippen LogP contribution < -0.4 is 18.3 Å². The van der Waals surface area contributed by atoms with Gasteiger partial charge >= 0.3 is 0 Å². The molecule has 5 nitrogen and oxygen atoms in total. The zero-order valence-electron chi connectivity index (χ0n) is 85.7. The quantitative estimate of drug-likeness (QED) is 0.0941. The van der Waals surface area contributed by atoms with Gasteiger partial charge in [0.05, 0.1) is 5.69 Å². The van der Waals surface area contributed by atoms with E-state index < -0.39 is 82.4 Å². The summed E-state index contributed by atoms with van der Waals surface area (Å²) in [6, 6.07) is 47.9. The van der Waals surface area contributed by atoms with Crippen LogP contribution in [0.15, 0.2) is 183 Å². The zero-order valence-corrected chi connectivity index (χ0v) is 59.7. The van der Waals surface area contributed by atoms with Gasteiger partial charge < -0.3 is 0 Å². The van der Waals surface area contributed by atoms with Crippen molar-refractivity contribution in [2.75, 3.05) is 0 Å². The Hall–Kier alpha value is -8.15. The van der Waals surface area contributed by atoms with E-state index in [0.717, 1.165) is 78.3 Å². The molecule has 5 aromatic heterocycles. The van der Waals surface area contributed by atoms with Gasteiger partial charge in [0.15, 0.2) is 24.8 Å². The number of hydrogen-bond acceptors (Lipinski definition) is 1. The molecule has 0 amide bonds. The number of aromatic nitrogens is 5. The normalized spacial score (nSPS) is 19.8. The average Bonchev–Trinajstić information content (AvgIpc) is 0.756. The average molecular weight is 1300 g/mol. The SMILES string of the molecule is [2H]C([2H])(C)c1cc(-c2ccccc2C)[n+](C)cc1C([2H])(C)C([2H])([2H])[2H].[2H]C([2H])(C)c1cnc(-c2ccccc2C)cc1C([2H])(C)C([2H])([2H])[2H].[2H]C([2H])([2H])C([2H])(C)c1c[n+](C)c(-c2ccccc2C)cc1CC.[2H]C([2H])([2H])C([2H])(C)c1cc(-c2ccccc2C)[n+](C)cc1CC.[2H]CC([2H])(C)c1cc(C([2H])(C)C([2H])([2H])[2H])c(-c2ccccc2C)[n+](C)c1. The number of benzene rings is 5. The van der Waals surface area contributed by atoms with Gasteiger partial charge in [-0.05, 0) is 188 Å². The third-order valence-electron chi connectivity index (χ3n) is 17.0. The molecule has 95 heavy (non-hydrogen) atoms. The Balaban J connectivity index is 0.000000234. The van der Waals surface area contributed by atoms with Crippen molar-refractivity contribution in [3.05, 3.63) is 266 Å². The molecule has 0 saturated carbocycles. The van der Waals surface area contributed by atoms with Crippen LogP contribution in [0.4, 0.5) is 0 Å². The first-order valence-electron chi connectivity index (χ1n) is 45.6. The molecule has 5 aromatic carbocycles. The lowest BCUT2D eigenvalue weighted by molar-refractivity contribution is -0.661. The highest BCUT2D eigenvalue weighted by Gasteiger charge is 2.24. The van der Waals surface area contributed by atoms with Crippen molar-refractivity contribution in [1.82, 2.24) is 4.98 Å². The summed E-state index contributed by atoms with van der Waals surface area (Å²) in [6.45, 7) is 12.7. The largest absolute Gasteiger partial charge is 0.256 e. The van der Waals surface area contributed by atoms with Gasteiger partial charge in [-0.15, -0.1) is 0 Å². The van der Waals surface area contributed by atoms with Crippen LogP contribution in [0.3, 0.4) is 0 Å². The van der Waals surface area contributed by atoms with E-state index in [1.165, 1.54) is 60.2 Å². The molecule has 0 bridgehead atoms. The Morgan fingerprint density at radius 1 is 0.368 bits per heavy atom. The topological polar surface area (TPSA) is 28.4 Å². The summed E-state index contributed by atoms with van der Waals surface area (Å²) < 4.78 is 214. The summed E-state index contributed by atoms with van der Waals surface area (Å²) in [5.41, 5.74) is 18.6. The number of aryl methyl sites for hydroxylation is 13. The summed E-state index contributed by atoms with van der Waals surface area (Å²) >= 11 is 0. The van der Waals surface area contributed by atoms with Crippen LogP contribution in [0.1, 0.15) is 265 Å². The van der Waals surface area contributed by atoms with Crippen LogP contribution >= 0.6 is 0 Å². The fourth-order valence-electron chi connectivity index (χ4n) is 11.6. The van der Waals surface area contributed by atoms with Crippen molar-refractivity contribution in [2.45, 2.75) is 206 Å². The Bertz CT molecular complexity index is 5290.